The van der Waals surface area contributed by atoms with E-state index in [1.54, 1.807) is 62.6 Å². The van der Waals surface area contributed by atoms with Crippen LogP contribution in [0.2, 0.25) is 0 Å². The van der Waals surface area contributed by atoms with Crippen LogP contribution in [-0.2, 0) is 26.2 Å². The van der Waals surface area contributed by atoms with Crippen molar-refractivity contribution in [2.45, 2.75) is 50.1 Å². The van der Waals surface area contributed by atoms with E-state index < -0.39 is 28.5 Å². The lowest BCUT2D eigenvalue weighted by atomic mass is 10.1. The molecule has 0 fully saturated rings. The molecular weight excluding hydrogens is 587 g/mol. The molecule has 3 aromatic carbocycles. The van der Waals surface area contributed by atoms with Crippen LogP contribution in [-0.4, -0.2) is 64.2 Å². The number of hydrogen-bond donors (Lipinski definition) is 1. The molecule has 0 saturated heterocycles. The Balaban J connectivity index is 2.02. The molecule has 0 aliphatic carbocycles. The first-order chi connectivity index (χ1) is 20.5. The van der Waals surface area contributed by atoms with Crippen LogP contribution in [0.4, 0.5) is 5.69 Å². The predicted octanol–water partition coefficient (Wildman–Crippen LogP) is 5.20. The number of sulfonamides is 1. The molecule has 0 radical (unpaired) electrons. The first kappa shape index (κ1) is 33.8. The SMILES string of the molecule is CCOc1ccc(N(CC(=O)N(Cc2ccc(OC)cc2)[C@H](C)C(=O)NCC(C)C)S(=O)(=O)c2ccc(SC)cc2)cc1. The number of carbonyl (C=O) groups excluding carboxylic acids is 2. The third-order valence-electron chi connectivity index (χ3n) is 6.73. The lowest BCUT2D eigenvalue weighted by Gasteiger charge is -2.32. The summed E-state index contributed by atoms with van der Waals surface area (Å²) in [5.41, 5.74) is 1.06. The maximum atomic E-state index is 14.1. The maximum Gasteiger partial charge on any atom is 0.264 e. The number of hydrogen-bond acceptors (Lipinski definition) is 7. The number of carbonyl (C=O) groups is 2. The highest BCUT2D eigenvalue weighted by Gasteiger charge is 2.32. The van der Waals surface area contributed by atoms with Crippen molar-refractivity contribution in [3.05, 3.63) is 78.4 Å². The van der Waals surface area contributed by atoms with Gasteiger partial charge < -0.3 is 19.7 Å². The molecule has 1 atom stereocenters. The Hall–Kier alpha value is -3.70. The average Bonchev–Trinajstić information content (AvgIpc) is 3.01. The molecule has 0 unspecified atom stereocenters. The molecule has 3 rings (SSSR count). The van der Waals surface area contributed by atoms with Gasteiger partial charge in [0.15, 0.2) is 0 Å². The van der Waals surface area contributed by atoms with Crippen LogP contribution < -0.4 is 19.1 Å². The minimum Gasteiger partial charge on any atom is -0.497 e. The molecular formula is C32H41N3O6S2. The molecule has 9 nitrogen and oxygen atoms in total. The number of nitrogens with zero attached hydrogens (tertiary/aromatic N) is 2. The minimum absolute atomic E-state index is 0.0522. The summed E-state index contributed by atoms with van der Waals surface area (Å²) in [6.07, 6.45) is 1.91. The number of nitrogens with one attached hydrogen (secondary N) is 1. The van der Waals surface area contributed by atoms with E-state index in [-0.39, 0.29) is 23.3 Å². The molecule has 1 N–H and O–H groups in total. The first-order valence-electron chi connectivity index (χ1n) is 14.1. The van der Waals surface area contributed by atoms with Crippen molar-refractivity contribution in [2.24, 2.45) is 5.92 Å². The summed E-state index contributed by atoms with van der Waals surface area (Å²) in [7, 11) is -2.60. The van der Waals surface area contributed by atoms with Crippen LogP contribution in [0.1, 0.15) is 33.3 Å². The molecule has 0 aromatic heterocycles. The monoisotopic (exact) mass is 627 g/mol. The summed E-state index contributed by atoms with van der Waals surface area (Å²) in [5.74, 6) is 0.611. The Morgan fingerprint density at radius 3 is 2.05 bits per heavy atom. The fourth-order valence-electron chi connectivity index (χ4n) is 4.24. The summed E-state index contributed by atoms with van der Waals surface area (Å²) in [6.45, 7) is 7.96. The third-order valence-corrected chi connectivity index (χ3v) is 9.26. The van der Waals surface area contributed by atoms with Crippen molar-refractivity contribution < 1.29 is 27.5 Å². The molecule has 3 aromatic rings. The van der Waals surface area contributed by atoms with Gasteiger partial charge in [0.05, 0.1) is 24.3 Å². The Morgan fingerprint density at radius 2 is 1.51 bits per heavy atom. The molecule has 0 bridgehead atoms. The van der Waals surface area contributed by atoms with Gasteiger partial charge in [-0.2, -0.15) is 0 Å². The second-order valence-electron chi connectivity index (χ2n) is 10.3. The van der Waals surface area contributed by atoms with E-state index in [1.165, 1.54) is 28.8 Å². The number of ether oxygens (including phenoxy) is 2. The van der Waals surface area contributed by atoms with Crippen molar-refractivity contribution in [1.29, 1.82) is 0 Å². The minimum atomic E-state index is -4.16. The smallest absolute Gasteiger partial charge is 0.264 e. The molecule has 0 aliphatic rings. The van der Waals surface area contributed by atoms with E-state index >= 15 is 0 Å². The van der Waals surface area contributed by atoms with Crippen LogP contribution >= 0.6 is 11.8 Å². The van der Waals surface area contributed by atoms with Crippen molar-refractivity contribution >= 4 is 39.3 Å². The highest BCUT2D eigenvalue weighted by atomic mass is 32.2. The lowest BCUT2D eigenvalue weighted by molar-refractivity contribution is -0.139. The van der Waals surface area contributed by atoms with Crippen LogP contribution in [0.15, 0.2) is 82.6 Å². The fourth-order valence-corrected chi connectivity index (χ4v) is 6.06. The number of anilines is 1. The standard InChI is InChI=1S/C32H41N3O6S2/c1-7-41-28-14-10-26(11-15-28)35(43(38,39)30-18-16-29(42-6)17-19-30)22-31(36)34(24(4)32(37)33-20-23(2)3)21-25-8-12-27(40-5)13-9-25/h8-19,23-24H,7,20-22H2,1-6H3,(H,33,37)/t24-/m1/s1. The van der Waals surface area contributed by atoms with Crippen molar-refractivity contribution in [3.8, 4) is 11.5 Å². The van der Waals surface area contributed by atoms with Gasteiger partial charge in [-0.15, -0.1) is 11.8 Å². The van der Waals surface area contributed by atoms with Gasteiger partial charge in [0.1, 0.15) is 24.1 Å². The second kappa shape index (κ2) is 15.7. The molecule has 0 aliphatic heterocycles. The largest absolute Gasteiger partial charge is 0.497 e. The van der Waals surface area contributed by atoms with Crippen LogP contribution in [0.3, 0.4) is 0 Å². The third kappa shape index (κ3) is 9.14. The van der Waals surface area contributed by atoms with Crippen LogP contribution in [0.5, 0.6) is 11.5 Å². The van der Waals surface area contributed by atoms with Gasteiger partial charge in [0, 0.05) is 18.0 Å². The molecule has 11 heteroatoms. The highest BCUT2D eigenvalue weighted by molar-refractivity contribution is 7.98. The Bertz CT molecular complexity index is 1440. The summed E-state index contributed by atoms with van der Waals surface area (Å²) < 4.78 is 39.9. The molecule has 232 valence electrons. The average molecular weight is 628 g/mol. The fraction of sp³-hybridized carbons (Fsp3) is 0.375. The molecule has 0 heterocycles. The van der Waals surface area contributed by atoms with Crippen LogP contribution in [0.25, 0.3) is 0 Å². The van der Waals surface area contributed by atoms with Gasteiger partial charge in [-0.25, -0.2) is 8.42 Å². The first-order valence-corrected chi connectivity index (χ1v) is 16.8. The number of thioether (sulfide) groups is 1. The summed E-state index contributed by atoms with van der Waals surface area (Å²) in [6, 6.07) is 19.4. The van der Waals surface area contributed by atoms with E-state index in [4.69, 9.17) is 9.47 Å². The van der Waals surface area contributed by atoms with Crippen molar-refractivity contribution in [1.82, 2.24) is 10.2 Å². The van der Waals surface area contributed by atoms with Gasteiger partial charge >= 0.3 is 0 Å². The van der Waals surface area contributed by atoms with E-state index in [9.17, 15) is 18.0 Å². The lowest BCUT2D eigenvalue weighted by Crippen LogP contribution is -2.51. The van der Waals surface area contributed by atoms with Crippen molar-refractivity contribution in [2.75, 3.05) is 37.4 Å². The van der Waals surface area contributed by atoms with E-state index in [0.717, 1.165) is 14.8 Å². The van der Waals surface area contributed by atoms with Gasteiger partial charge in [-0.05, 0) is 92.2 Å². The van der Waals surface area contributed by atoms with E-state index in [2.05, 4.69) is 5.32 Å². The zero-order valence-electron chi connectivity index (χ0n) is 25.6. The number of methoxy groups -OCH3 is 1. The molecule has 2 amide bonds. The summed E-state index contributed by atoms with van der Waals surface area (Å²) >= 11 is 1.50. The summed E-state index contributed by atoms with van der Waals surface area (Å²) in [5, 5.41) is 2.89. The van der Waals surface area contributed by atoms with Crippen LogP contribution in [0, 0.1) is 5.92 Å². The summed E-state index contributed by atoms with van der Waals surface area (Å²) in [4.78, 5) is 29.6. The maximum absolute atomic E-state index is 14.1. The Kier molecular flexibility index (Phi) is 12.3. The van der Waals surface area contributed by atoms with E-state index in [1.807, 2.05) is 39.2 Å². The number of rotatable bonds is 15. The van der Waals surface area contributed by atoms with Gasteiger partial charge in [0.25, 0.3) is 10.0 Å². The normalized spacial score (nSPS) is 12.0. The predicted molar refractivity (Wildman–Crippen MR) is 171 cm³/mol. The van der Waals surface area contributed by atoms with Gasteiger partial charge in [-0.1, -0.05) is 26.0 Å². The molecule has 0 saturated carbocycles. The molecule has 0 spiro atoms. The topological polar surface area (TPSA) is 105 Å². The Labute approximate surface area is 259 Å². The van der Waals surface area contributed by atoms with Gasteiger partial charge in [-0.3, -0.25) is 13.9 Å². The highest BCUT2D eigenvalue weighted by Crippen LogP contribution is 2.28. The number of amides is 2. The zero-order chi connectivity index (χ0) is 31.6. The molecule has 43 heavy (non-hydrogen) atoms. The number of benzene rings is 3. The quantitative estimate of drug-likeness (QED) is 0.231. The zero-order valence-corrected chi connectivity index (χ0v) is 27.2. The second-order valence-corrected chi connectivity index (χ2v) is 13.0. The Morgan fingerprint density at radius 1 is 0.907 bits per heavy atom. The van der Waals surface area contributed by atoms with E-state index in [0.29, 0.717) is 30.3 Å². The van der Waals surface area contributed by atoms with Gasteiger partial charge in [0.2, 0.25) is 11.8 Å². The van der Waals surface area contributed by atoms with Crippen molar-refractivity contribution in [3.63, 3.8) is 0 Å².